The molecule has 0 radical (unpaired) electrons. The minimum absolute atomic E-state index is 0.0739. The standard InChI is InChI=1S/C17H33N3O2/c1-6-8-12(3)18-17(22)13(4)19-16-9-10-20(14(5)21)11-15(16)7-2/h12-13,15-16,19H,6-11H2,1-5H3,(H,18,22). The lowest BCUT2D eigenvalue weighted by atomic mass is 9.89. The molecule has 1 saturated heterocycles. The van der Waals surface area contributed by atoms with E-state index in [1.807, 2.05) is 18.7 Å². The number of hydrogen-bond donors (Lipinski definition) is 2. The van der Waals surface area contributed by atoms with Gasteiger partial charge >= 0.3 is 0 Å². The first kappa shape index (κ1) is 18.9. The summed E-state index contributed by atoms with van der Waals surface area (Å²) in [6, 6.07) is 0.341. The van der Waals surface area contributed by atoms with Crippen LogP contribution in [0.4, 0.5) is 0 Å². The van der Waals surface area contributed by atoms with Crippen LogP contribution in [-0.2, 0) is 9.59 Å². The van der Waals surface area contributed by atoms with Crippen LogP contribution in [0.3, 0.4) is 0 Å². The highest BCUT2D eigenvalue weighted by molar-refractivity contribution is 5.81. The quantitative estimate of drug-likeness (QED) is 0.755. The molecule has 1 fully saturated rings. The Morgan fingerprint density at radius 2 is 1.95 bits per heavy atom. The average Bonchev–Trinajstić information content (AvgIpc) is 2.47. The molecule has 22 heavy (non-hydrogen) atoms. The van der Waals surface area contributed by atoms with Gasteiger partial charge in [-0.05, 0) is 32.6 Å². The number of nitrogens with one attached hydrogen (secondary N) is 2. The predicted molar refractivity (Wildman–Crippen MR) is 89.6 cm³/mol. The fourth-order valence-electron chi connectivity index (χ4n) is 3.22. The van der Waals surface area contributed by atoms with Crippen molar-refractivity contribution in [3.05, 3.63) is 0 Å². The van der Waals surface area contributed by atoms with Crippen molar-refractivity contribution >= 4 is 11.8 Å². The molecule has 5 nitrogen and oxygen atoms in total. The van der Waals surface area contributed by atoms with Crippen LogP contribution in [0.25, 0.3) is 0 Å². The summed E-state index contributed by atoms with van der Waals surface area (Å²) < 4.78 is 0. The molecule has 0 spiro atoms. The van der Waals surface area contributed by atoms with Crippen molar-refractivity contribution in [1.29, 1.82) is 0 Å². The highest BCUT2D eigenvalue weighted by Crippen LogP contribution is 2.20. The highest BCUT2D eigenvalue weighted by atomic mass is 16.2. The number of likely N-dealkylation sites (tertiary alicyclic amines) is 1. The maximum Gasteiger partial charge on any atom is 0.237 e. The number of rotatable bonds is 7. The van der Waals surface area contributed by atoms with Crippen molar-refractivity contribution in [3.63, 3.8) is 0 Å². The second kappa shape index (κ2) is 9.13. The van der Waals surface area contributed by atoms with Gasteiger partial charge in [0.1, 0.15) is 0 Å². The Balaban J connectivity index is 2.50. The van der Waals surface area contributed by atoms with Crippen LogP contribution in [-0.4, -0.2) is 47.9 Å². The van der Waals surface area contributed by atoms with E-state index in [2.05, 4.69) is 24.5 Å². The third-order valence-corrected chi connectivity index (χ3v) is 4.67. The van der Waals surface area contributed by atoms with Gasteiger partial charge in [0, 0.05) is 32.1 Å². The van der Waals surface area contributed by atoms with Gasteiger partial charge in [-0.15, -0.1) is 0 Å². The topological polar surface area (TPSA) is 61.4 Å². The summed E-state index contributed by atoms with van der Waals surface area (Å²) in [4.78, 5) is 25.7. The van der Waals surface area contributed by atoms with E-state index in [4.69, 9.17) is 0 Å². The molecule has 0 aromatic carbocycles. The molecule has 0 aromatic heterocycles. The Labute approximate surface area is 135 Å². The molecule has 1 aliphatic heterocycles. The first-order chi connectivity index (χ1) is 10.4. The molecule has 1 rings (SSSR count). The van der Waals surface area contributed by atoms with E-state index in [0.717, 1.165) is 38.8 Å². The van der Waals surface area contributed by atoms with Crippen molar-refractivity contribution in [3.8, 4) is 0 Å². The van der Waals surface area contributed by atoms with Gasteiger partial charge in [-0.25, -0.2) is 0 Å². The Hall–Kier alpha value is -1.10. The summed E-state index contributed by atoms with van der Waals surface area (Å²) in [7, 11) is 0. The van der Waals surface area contributed by atoms with E-state index < -0.39 is 0 Å². The molecular formula is C17H33N3O2. The Morgan fingerprint density at radius 3 is 2.50 bits per heavy atom. The van der Waals surface area contributed by atoms with Crippen molar-refractivity contribution in [1.82, 2.24) is 15.5 Å². The lowest BCUT2D eigenvalue weighted by Gasteiger charge is -2.39. The van der Waals surface area contributed by atoms with Gasteiger partial charge in [0.25, 0.3) is 0 Å². The largest absolute Gasteiger partial charge is 0.352 e. The minimum Gasteiger partial charge on any atom is -0.352 e. The van der Waals surface area contributed by atoms with Crippen LogP contribution >= 0.6 is 0 Å². The van der Waals surface area contributed by atoms with Crippen molar-refractivity contribution < 1.29 is 9.59 Å². The number of amides is 2. The van der Waals surface area contributed by atoms with Crippen LogP contribution < -0.4 is 10.6 Å². The van der Waals surface area contributed by atoms with Gasteiger partial charge in [0.15, 0.2) is 0 Å². The first-order valence-electron chi connectivity index (χ1n) is 8.70. The highest BCUT2D eigenvalue weighted by Gasteiger charge is 2.31. The number of carbonyl (C=O) groups is 2. The maximum atomic E-state index is 12.2. The molecule has 128 valence electrons. The first-order valence-corrected chi connectivity index (χ1v) is 8.70. The summed E-state index contributed by atoms with van der Waals surface area (Å²) in [5.74, 6) is 0.641. The number of piperidine rings is 1. The van der Waals surface area contributed by atoms with Gasteiger partial charge in [-0.2, -0.15) is 0 Å². The smallest absolute Gasteiger partial charge is 0.237 e. The molecular weight excluding hydrogens is 278 g/mol. The van der Waals surface area contributed by atoms with Gasteiger partial charge in [-0.3, -0.25) is 9.59 Å². The van der Waals surface area contributed by atoms with Crippen molar-refractivity contribution in [2.24, 2.45) is 5.92 Å². The van der Waals surface area contributed by atoms with Gasteiger partial charge in [-0.1, -0.05) is 26.7 Å². The average molecular weight is 311 g/mol. The second-order valence-corrected chi connectivity index (χ2v) is 6.62. The molecule has 2 amide bonds. The molecule has 0 saturated carbocycles. The van der Waals surface area contributed by atoms with E-state index >= 15 is 0 Å². The molecule has 4 unspecified atom stereocenters. The van der Waals surface area contributed by atoms with Crippen LogP contribution in [0.15, 0.2) is 0 Å². The lowest BCUT2D eigenvalue weighted by Crippen LogP contribution is -2.55. The van der Waals surface area contributed by atoms with Crippen LogP contribution in [0.1, 0.15) is 60.3 Å². The van der Waals surface area contributed by atoms with E-state index in [0.29, 0.717) is 12.0 Å². The summed E-state index contributed by atoms with van der Waals surface area (Å²) in [6.07, 6.45) is 4.01. The SMILES string of the molecule is CCCC(C)NC(=O)C(C)NC1CCN(C(C)=O)CC1CC. The fourth-order valence-corrected chi connectivity index (χ4v) is 3.22. The van der Waals surface area contributed by atoms with Gasteiger partial charge in [0.2, 0.25) is 11.8 Å². The summed E-state index contributed by atoms with van der Waals surface area (Å²) in [5, 5.41) is 6.54. The minimum atomic E-state index is -0.192. The van der Waals surface area contributed by atoms with E-state index in [1.54, 1.807) is 6.92 Å². The molecule has 2 N–H and O–H groups in total. The molecule has 0 aliphatic carbocycles. The van der Waals surface area contributed by atoms with Crippen LogP contribution in [0.5, 0.6) is 0 Å². The molecule has 1 aliphatic rings. The fraction of sp³-hybridized carbons (Fsp3) is 0.882. The monoisotopic (exact) mass is 311 g/mol. The third kappa shape index (κ3) is 5.59. The zero-order valence-corrected chi connectivity index (χ0v) is 14.8. The van der Waals surface area contributed by atoms with Crippen LogP contribution in [0, 0.1) is 5.92 Å². The maximum absolute atomic E-state index is 12.2. The zero-order valence-electron chi connectivity index (χ0n) is 14.8. The Kier molecular flexibility index (Phi) is 7.87. The Bertz CT molecular complexity index is 373. The van der Waals surface area contributed by atoms with E-state index in [9.17, 15) is 9.59 Å². The molecule has 1 heterocycles. The van der Waals surface area contributed by atoms with E-state index in [-0.39, 0.29) is 23.9 Å². The molecule has 0 aromatic rings. The van der Waals surface area contributed by atoms with Crippen molar-refractivity contribution in [2.45, 2.75) is 78.4 Å². The summed E-state index contributed by atoms with van der Waals surface area (Å²) in [5.41, 5.74) is 0. The normalized spacial score (nSPS) is 24.7. The summed E-state index contributed by atoms with van der Waals surface area (Å²) in [6.45, 7) is 11.5. The third-order valence-electron chi connectivity index (χ3n) is 4.67. The zero-order chi connectivity index (χ0) is 16.7. The molecule has 4 atom stereocenters. The summed E-state index contributed by atoms with van der Waals surface area (Å²) >= 11 is 0. The van der Waals surface area contributed by atoms with Crippen LogP contribution in [0.2, 0.25) is 0 Å². The molecule has 5 heteroatoms. The van der Waals surface area contributed by atoms with Crippen molar-refractivity contribution in [2.75, 3.05) is 13.1 Å². The number of carbonyl (C=O) groups excluding carboxylic acids is 2. The van der Waals surface area contributed by atoms with Gasteiger partial charge in [0.05, 0.1) is 6.04 Å². The second-order valence-electron chi connectivity index (χ2n) is 6.62. The Morgan fingerprint density at radius 1 is 1.27 bits per heavy atom. The number of hydrogen-bond acceptors (Lipinski definition) is 3. The molecule has 0 bridgehead atoms. The number of nitrogens with zero attached hydrogens (tertiary/aromatic N) is 1. The van der Waals surface area contributed by atoms with E-state index in [1.165, 1.54) is 0 Å². The van der Waals surface area contributed by atoms with Gasteiger partial charge < -0.3 is 15.5 Å². The lowest BCUT2D eigenvalue weighted by molar-refractivity contribution is -0.131. The predicted octanol–water partition coefficient (Wildman–Crippen LogP) is 1.92.